The Balaban J connectivity index is 1.46. The third-order valence-corrected chi connectivity index (χ3v) is 8.77. The number of carboxylic acid groups (broad SMARTS) is 1. The Labute approximate surface area is 238 Å². The Bertz CT molecular complexity index is 1370. The topological polar surface area (TPSA) is 74.7 Å². The van der Waals surface area contributed by atoms with E-state index in [1.54, 1.807) is 20.2 Å². The highest BCUT2D eigenvalue weighted by Crippen LogP contribution is 2.48. The van der Waals surface area contributed by atoms with Gasteiger partial charge >= 0.3 is 0 Å². The quantitative estimate of drug-likeness (QED) is 0.334. The Morgan fingerprint density at radius 3 is 2.58 bits per heavy atom. The fourth-order valence-electron chi connectivity index (χ4n) is 5.81. The molecule has 5 rings (SSSR count). The van der Waals surface area contributed by atoms with Gasteiger partial charge in [0.2, 0.25) is 5.88 Å². The van der Waals surface area contributed by atoms with Gasteiger partial charge in [0, 0.05) is 36.2 Å². The molecule has 212 valence electrons. The number of carbonyl (C=O) groups excluding carboxylic acids is 1. The first-order chi connectivity index (χ1) is 19.0. The van der Waals surface area contributed by atoms with Crippen molar-refractivity contribution in [1.82, 2.24) is 9.88 Å². The van der Waals surface area contributed by atoms with Gasteiger partial charge in [-0.15, -0.1) is 0 Å². The van der Waals surface area contributed by atoms with Crippen LogP contribution in [-0.2, 0) is 17.8 Å². The maximum Gasteiger partial charge on any atom is 0.213 e. The fourth-order valence-corrected chi connectivity index (χ4v) is 5.81. The lowest BCUT2D eigenvalue weighted by Gasteiger charge is -2.33. The fraction of sp³-hybridized carbons (Fsp3) is 0.471. The van der Waals surface area contributed by atoms with Gasteiger partial charge in [-0.1, -0.05) is 37.3 Å². The third-order valence-electron chi connectivity index (χ3n) is 8.77. The summed E-state index contributed by atoms with van der Waals surface area (Å²) in [6.45, 7) is 9.23. The molecule has 3 atom stereocenters. The smallest absolute Gasteiger partial charge is 0.213 e. The number of carbonyl (C=O) groups is 1. The Hall–Kier alpha value is -3.38. The van der Waals surface area contributed by atoms with Gasteiger partial charge in [0.25, 0.3) is 0 Å². The Morgan fingerprint density at radius 1 is 1.12 bits per heavy atom. The minimum Gasteiger partial charge on any atom is -0.550 e. The van der Waals surface area contributed by atoms with Gasteiger partial charge in [-0.25, -0.2) is 4.98 Å². The van der Waals surface area contributed by atoms with E-state index in [-0.39, 0.29) is 17.6 Å². The molecule has 1 unspecified atom stereocenters. The molecule has 2 aromatic carbocycles. The van der Waals surface area contributed by atoms with E-state index in [0.29, 0.717) is 11.8 Å². The van der Waals surface area contributed by atoms with Crippen molar-refractivity contribution in [1.29, 1.82) is 0 Å². The number of pyridine rings is 1. The molecule has 0 bridgehead atoms. The van der Waals surface area contributed by atoms with Crippen LogP contribution in [0.25, 0.3) is 11.1 Å². The van der Waals surface area contributed by atoms with Gasteiger partial charge in [0.1, 0.15) is 11.9 Å². The molecule has 6 nitrogen and oxygen atoms in total. The van der Waals surface area contributed by atoms with E-state index in [1.807, 2.05) is 12.1 Å². The molecule has 1 fully saturated rings. The molecule has 2 aliphatic rings. The van der Waals surface area contributed by atoms with Crippen LogP contribution in [0.2, 0.25) is 0 Å². The highest BCUT2D eigenvalue weighted by Gasteiger charge is 2.37. The summed E-state index contributed by atoms with van der Waals surface area (Å²) in [6.07, 6.45) is 5.68. The summed E-state index contributed by atoms with van der Waals surface area (Å²) in [5, 5.41) is 11.8. The van der Waals surface area contributed by atoms with Gasteiger partial charge in [-0.2, -0.15) is 0 Å². The normalized spacial score (nSPS) is 18.5. The van der Waals surface area contributed by atoms with Crippen LogP contribution in [0.3, 0.4) is 0 Å². The van der Waals surface area contributed by atoms with Gasteiger partial charge in [-0.3, -0.25) is 4.90 Å². The maximum absolute atomic E-state index is 11.8. The van der Waals surface area contributed by atoms with Gasteiger partial charge in [-0.05, 0) is 111 Å². The van der Waals surface area contributed by atoms with Crippen LogP contribution in [0.5, 0.6) is 11.6 Å². The summed E-state index contributed by atoms with van der Waals surface area (Å²) in [6, 6.07) is 17.0. The predicted molar refractivity (Wildman–Crippen MR) is 155 cm³/mol. The molecular weight excluding hydrogens is 500 g/mol. The number of hydrogen-bond donors (Lipinski definition) is 0. The first kappa shape index (κ1) is 28.2. The number of hydrogen-bond acceptors (Lipinski definition) is 6. The second-order valence-corrected chi connectivity index (χ2v) is 12.5. The number of benzene rings is 2. The highest BCUT2D eigenvalue weighted by atomic mass is 16.5. The van der Waals surface area contributed by atoms with Crippen LogP contribution in [0.15, 0.2) is 54.7 Å². The van der Waals surface area contributed by atoms with Crippen molar-refractivity contribution in [2.75, 3.05) is 14.2 Å². The van der Waals surface area contributed by atoms with Gasteiger partial charge in [0.05, 0.1) is 7.11 Å². The molecule has 0 spiro atoms. The van der Waals surface area contributed by atoms with Crippen molar-refractivity contribution in [2.45, 2.75) is 77.5 Å². The molecule has 0 amide bonds. The molecule has 1 aliphatic carbocycles. The zero-order valence-electron chi connectivity index (χ0n) is 24.6. The maximum atomic E-state index is 11.8. The summed E-state index contributed by atoms with van der Waals surface area (Å²) in [7, 11) is 3.79. The zero-order valence-corrected chi connectivity index (χ0v) is 24.6. The number of methoxy groups -OCH3 is 1. The number of nitrogens with zero attached hydrogens (tertiary/aromatic N) is 2. The average molecular weight is 542 g/mol. The molecule has 0 N–H and O–H groups in total. The van der Waals surface area contributed by atoms with E-state index in [2.05, 4.69) is 74.1 Å². The molecule has 1 aliphatic heterocycles. The van der Waals surface area contributed by atoms with Crippen LogP contribution < -0.4 is 14.6 Å². The monoisotopic (exact) mass is 541 g/mol. The molecule has 3 aromatic rings. The van der Waals surface area contributed by atoms with Crippen LogP contribution in [0.4, 0.5) is 0 Å². The lowest BCUT2D eigenvalue weighted by molar-refractivity contribution is -0.311. The number of ether oxygens (including phenoxy) is 2. The minimum absolute atomic E-state index is 0.0145. The molecule has 0 radical (unpaired) electrons. The summed E-state index contributed by atoms with van der Waals surface area (Å²) in [5.74, 6) is 0.348. The highest BCUT2D eigenvalue weighted by molar-refractivity contribution is 5.69. The van der Waals surface area contributed by atoms with Crippen LogP contribution in [-0.4, -0.2) is 35.5 Å². The lowest BCUT2D eigenvalue weighted by Crippen LogP contribution is -2.37. The van der Waals surface area contributed by atoms with E-state index in [1.165, 1.54) is 11.1 Å². The molecule has 40 heavy (non-hydrogen) atoms. The average Bonchev–Trinajstić information content (AvgIpc) is 3.77. The van der Waals surface area contributed by atoms with Crippen molar-refractivity contribution in [3.05, 3.63) is 77.0 Å². The number of aromatic nitrogens is 1. The minimum atomic E-state index is -0.979. The van der Waals surface area contributed by atoms with E-state index >= 15 is 0 Å². The zero-order chi connectivity index (χ0) is 28.6. The third kappa shape index (κ3) is 6.02. The molecule has 0 saturated heterocycles. The first-order valence-electron chi connectivity index (χ1n) is 14.4. The Morgan fingerprint density at radius 2 is 1.90 bits per heavy atom. The second kappa shape index (κ2) is 11.2. The van der Waals surface area contributed by atoms with Crippen molar-refractivity contribution in [3.63, 3.8) is 0 Å². The summed E-state index contributed by atoms with van der Waals surface area (Å²) < 4.78 is 12.1. The van der Waals surface area contributed by atoms with E-state index in [4.69, 9.17) is 9.47 Å². The van der Waals surface area contributed by atoms with Crippen LogP contribution in [0.1, 0.15) is 81.2 Å². The lowest BCUT2D eigenvalue weighted by atomic mass is 9.82. The molecule has 2 heterocycles. The molecule has 1 saturated carbocycles. The van der Waals surface area contributed by atoms with Gasteiger partial charge < -0.3 is 19.4 Å². The number of aliphatic carboxylic acids is 1. The molecule has 6 heteroatoms. The molecule has 1 aromatic heterocycles. The van der Waals surface area contributed by atoms with Crippen LogP contribution in [0, 0.1) is 11.8 Å². The second-order valence-electron chi connectivity index (χ2n) is 12.5. The number of fused-ring (bicyclic) bond motifs is 1. The predicted octanol–water partition coefficient (Wildman–Crippen LogP) is 5.93. The summed E-state index contributed by atoms with van der Waals surface area (Å²) >= 11 is 0. The van der Waals surface area contributed by atoms with Gasteiger partial charge in [0.15, 0.2) is 0 Å². The van der Waals surface area contributed by atoms with E-state index < -0.39 is 11.9 Å². The molecular formula is C34H41N2O4-. The van der Waals surface area contributed by atoms with Crippen molar-refractivity contribution >= 4 is 5.97 Å². The summed E-state index contributed by atoms with van der Waals surface area (Å²) in [5.41, 5.74) is 6.85. The standard InChI is InChI=1S/C34H42N2O4/c1-21(33(37)38)32(23-8-9-23)26-10-7-22-12-14-29(40-30(22)18-26)25-11-13-28(24-15-16-35-31(19-24)39-6)27(17-25)20-36(5)34(2,3)4/h7,10-11,13,15-19,21,23,29,32H,8-9,12,14,20H2,1-6H3,(H,37,38)/p-1/t21-,29?,32-/m0/s1. The summed E-state index contributed by atoms with van der Waals surface area (Å²) in [4.78, 5) is 18.4. The van der Waals surface area contributed by atoms with Crippen molar-refractivity contribution in [2.24, 2.45) is 11.8 Å². The van der Waals surface area contributed by atoms with E-state index in [0.717, 1.165) is 60.2 Å². The van der Waals surface area contributed by atoms with Crippen LogP contribution >= 0.6 is 0 Å². The Kier molecular flexibility index (Phi) is 7.92. The van der Waals surface area contributed by atoms with Crippen molar-refractivity contribution < 1.29 is 19.4 Å². The first-order valence-corrected chi connectivity index (χ1v) is 14.4. The SMILES string of the molecule is COc1cc(-c2ccc(C3CCc4ccc([C@H](C5CC5)[C@H](C)C(=O)[O-])cc4O3)cc2CN(C)C(C)(C)C)ccn1. The number of rotatable bonds is 9. The number of aryl methyl sites for hydroxylation is 1. The van der Waals surface area contributed by atoms with E-state index in [9.17, 15) is 9.90 Å². The largest absolute Gasteiger partial charge is 0.550 e. The number of carboxylic acids is 1. The van der Waals surface area contributed by atoms with Crippen molar-refractivity contribution in [3.8, 4) is 22.8 Å².